The van der Waals surface area contributed by atoms with Crippen LogP contribution in [0.3, 0.4) is 0 Å². The summed E-state index contributed by atoms with van der Waals surface area (Å²) in [6.45, 7) is 0. The lowest BCUT2D eigenvalue weighted by molar-refractivity contribution is 0.375. The van der Waals surface area contributed by atoms with Gasteiger partial charge in [-0.25, -0.2) is 0 Å². The van der Waals surface area contributed by atoms with E-state index in [9.17, 15) is 5.11 Å². The van der Waals surface area contributed by atoms with Crippen LogP contribution < -0.4 is 10.5 Å². The van der Waals surface area contributed by atoms with Gasteiger partial charge in [0.05, 0.1) is 7.11 Å². The molecule has 0 fully saturated rings. The van der Waals surface area contributed by atoms with Crippen LogP contribution in [-0.2, 0) is 0 Å². The number of phenols is 1. The van der Waals surface area contributed by atoms with Crippen molar-refractivity contribution < 1.29 is 9.84 Å². The molecule has 0 aliphatic rings. The highest BCUT2D eigenvalue weighted by Crippen LogP contribution is 2.37. The molecule has 2 aromatic rings. The lowest BCUT2D eigenvalue weighted by atomic mass is 10.0. The van der Waals surface area contributed by atoms with Gasteiger partial charge in [0.25, 0.3) is 0 Å². The Labute approximate surface area is 94.1 Å². The molecule has 2 rings (SSSR count). The first kappa shape index (κ1) is 10.4. The molecule has 0 atom stereocenters. The van der Waals surface area contributed by atoms with Crippen LogP contribution in [-0.4, -0.2) is 12.2 Å². The van der Waals surface area contributed by atoms with Crippen molar-refractivity contribution >= 4 is 5.69 Å². The van der Waals surface area contributed by atoms with E-state index in [1.165, 1.54) is 7.11 Å². The van der Waals surface area contributed by atoms with E-state index in [4.69, 9.17) is 10.5 Å². The fraction of sp³-hybridized carbons (Fsp3) is 0.0769. The molecule has 0 bridgehead atoms. The molecule has 0 spiro atoms. The number of hydrogen-bond acceptors (Lipinski definition) is 3. The summed E-state index contributed by atoms with van der Waals surface area (Å²) in [6.07, 6.45) is 0. The van der Waals surface area contributed by atoms with Crippen LogP contribution in [0, 0.1) is 0 Å². The van der Waals surface area contributed by atoms with Crippen LogP contribution in [0.2, 0.25) is 0 Å². The predicted molar refractivity (Wildman–Crippen MR) is 64.5 cm³/mol. The number of methoxy groups -OCH3 is 1. The fourth-order valence-corrected chi connectivity index (χ4v) is 1.63. The van der Waals surface area contributed by atoms with Gasteiger partial charge in [-0.1, -0.05) is 24.3 Å². The van der Waals surface area contributed by atoms with Gasteiger partial charge in [0.2, 0.25) is 0 Å². The van der Waals surface area contributed by atoms with E-state index in [2.05, 4.69) is 0 Å². The summed E-state index contributed by atoms with van der Waals surface area (Å²) in [5.41, 5.74) is 8.15. The van der Waals surface area contributed by atoms with E-state index in [1.807, 2.05) is 30.3 Å². The van der Waals surface area contributed by atoms with Crippen molar-refractivity contribution in [2.75, 3.05) is 12.8 Å². The van der Waals surface area contributed by atoms with Crippen molar-refractivity contribution in [2.45, 2.75) is 0 Å². The molecule has 0 aromatic heterocycles. The Bertz CT molecular complexity index is 492. The van der Waals surface area contributed by atoms with Gasteiger partial charge in [0.15, 0.2) is 11.5 Å². The number of rotatable bonds is 2. The maximum Gasteiger partial charge on any atom is 0.168 e. The Hall–Kier alpha value is -2.16. The zero-order chi connectivity index (χ0) is 11.5. The molecule has 0 unspecified atom stereocenters. The molecule has 16 heavy (non-hydrogen) atoms. The smallest absolute Gasteiger partial charge is 0.168 e. The van der Waals surface area contributed by atoms with Gasteiger partial charge >= 0.3 is 0 Å². The average Bonchev–Trinajstić information content (AvgIpc) is 2.30. The van der Waals surface area contributed by atoms with Crippen molar-refractivity contribution in [3.63, 3.8) is 0 Å². The standard InChI is InChI=1S/C13H13NO2/c1-16-13-11(3-2-4-12(13)15)9-5-7-10(14)8-6-9/h2-8,15H,14H2,1H3. The van der Waals surface area contributed by atoms with E-state index >= 15 is 0 Å². The summed E-state index contributed by atoms with van der Waals surface area (Å²) < 4.78 is 5.18. The molecule has 0 heterocycles. The van der Waals surface area contributed by atoms with Gasteiger partial charge in [-0.3, -0.25) is 0 Å². The summed E-state index contributed by atoms with van der Waals surface area (Å²) in [5, 5.41) is 9.66. The second kappa shape index (κ2) is 4.14. The van der Waals surface area contributed by atoms with Crippen molar-refractivity contribution in [1.82, 2.24) is 0 Å². The lowest BCUT2D eigenvalue weighted by Crippen LogP contribution is -1.89. The van der Waals surface area contributed by atoms with Gasteiger partial charge in [-0.2, -0.15) is 0 Å². The molecule has 0 saturated carbocycles. The van der Waals surface area contributed by atoms with E-state index in [0.717, 1.165) is 11.1 Å². The van der Waals surface area contributed by atoms with Gasteiger partial charge in [-0.15, -0.1) is 0 Å². The molecule has 0 amide bonds. The van der Waals surface area contributed by atoms with Gasteiger partial charge in [0, 0.05) is 11.3 Å². The number of phenolic OH excluding ortho intramolecular Hbond substituents is 1. The van der Waals surface area contributed by atoms with Gasteiger partial charge in [0.1, 0.15) is 0 Å². The van der Waals surface area contributed by atoms with Crippen LogP contribution in [0.25, 0.3) is 11.1 Å². The first-order chi connectivity index (χ1) is 7.72. The average molecular weight is 215 g/mol. The summed E-state index contributed by atoms with van der Waals surface area (Å²) in [6, 6.07) is 12.7. The molecule has 0 saturated heterocycles. The third-order valence-electron chi connectivity index (χ3n) is 2.42. The van der Waals surface area contributed by atoms with Crippen LogP contribution in [0.15, 0.2) is 42.5 Å². The topological polar surface area (TPSA) is 55.5 Å². The Morgan fingerprint density at radius 3 is 2.38 bits per heavy atom. The van der Waals surface area contributed by atoms with Crippen LogP contribution >= 0.6 is 0 Å². The molecule has 3 nitrogen and oxygen atoms in total. The number of aromatic hydroxyl groups is 1. The van der Waals surface area contributed by atoms with Crippen molar-refractivity contribution in [2.24, 2.45) is 0 Å². The van der Waals surface area contributed by atoms with E-state index in [0.29, 0.717) is 11.4 Å². The third kappa shape index (κ3) is 1.80. The minimum Gasteiger partial charge on any atom is -0.504 e. The number of para-hydroxylation sites is 1. The Balaban J connectivity index is 2.55. The molecule has 0 aliphatic carbocycles. The van der Waals surface area contributed by atoms with Crippen molar-refractivity contribution in [1.29, 1.82) is 0 Å². The number of nitrogens with two attached hydrogens (primary N) is 1. The van der Waals surface area contributed by atoms with Gasteiger partial charge < -0.3 is 15.6 Å². The van der Waals surface area contributed by atoms with E-state index in [1.54, 1.807) is 12.1 Å². The van der Waals surface area contributed by atoms with E-state index < -0.39 is 0 Å². The highest BCUT2D eigenvalue weighted by Gasteiger charge is 2.09. The Morgan fingerprint density at radius 2 is 1.75 bits per heavy atom. The lowest BCUT2D eigenvalue weighted by Gasteiger charge is -2.10. The summed E-state index contributed by atoms with van der Waals surface area (Å²) >= 11 is 0. The maximum atomic E-state index is 9.66. The molecular formula is C13H13NO2. The highest BCUT2D eigenvalue weighted by molar-refractivity contribution is 5.74. The largest absolute Gasteiger partial charge is 0.504 e. The number of nitrogen functional groups attached to an aromatic ring is 1. The number of hydrogen-bond donors (Lipinski definition) is 2. The van der Waals surface area contributed by atoms with Crippen LogP contribution in [0.5, 0.6) is 11.5 Å². The third-order valence-corrected chi connectivity index (χ3v) is 2.42. The quantitative estimate of drug-likeness (QED) is 0.757. The Kier molecular flexibility index (Phi) is 2.68. The molecule has 3 heteroatoms. The molecular weight excluding hydrogens is 202 g/mol. The summed E-state index contributed by atoms with van der Waals surface area (Å²) in [5.74, 6) is 0.615. The number of benzene rings is 2. The normalized spacial score (nSPS) is 10.1. The summed E-state index contributed by atoms with van der Waals surface area (Å²) in [7, 11) is 1.54. The van der Waals surface area contributed by atoms with Crippen LogP contribution in [0.4, 0.5) is 5.69 Å². The predicted octanol–water partition coefficient (Wildman–Crippen LogP) is 2.65. The second-order valence-corrected chi connectivity index (χ2v) is 3.48. The number of anilines is 1. The zero-order valence-electron chi connectivity index (χ0n) is 8.97. The summed E-state index contributed by atoms with van der Waals surface area (Å²) in [4.78, 5) is 0. The maximum absolute atomic E-state index is 9.66. The molecule has 0 aliphatic heterocycles. The molecule has 3 N–H and O–H groups in total. The molecule has 0 radical (unpaired) electrons. The zero-order valence-corrected chi connectivity index (χ0v) is 8.97. The van der Waals surface area contributed by atoms with E-state index in [-0.39, 0.29) is 5.75 Å². The minimum absolute atomic E-state index is 0.136. The number of ether oxygens (including phenoxy) is 1. The fourth-order valence-electron chi connectivity index (χ4n) is 1.63. The van der Waals surface area contributed by atoms with Crippen LogP contribution in [0.1, 0.15) is 0 Å². The monoisotopic (exact) mass is 215 g/mol. The van der Waals surface area contributed by atoms with Gasteiger partial charge in [-0.05, 0) is 23.8 Å². The first-order valence-electron chi connectivity index (χ1n) is 4.94. The molecule has 2 aromatic carbocycles. The Morgan fingerprint density at radius 1 is 1.06 bits per heavy atom. The molecule has 82 valence electrons. The highest BCUT2D eigenvalue weighted by atomic mass is 16.5. The second-order valence-electron chi connectivity index (χ2n) is 3.48. The SMILES string of the molecule is COc1c(O)cccc1-c1ccc(N)cc1. The first-order valence-corrected chi connectivity index (χ1v) is 4.94. The van der Waals surface area contributed by atoms with Crippen molar-refractivity contribution in [3.05, 3.63) is 42.5 Å². The van der Waals surface area contributed by atoms with Crippen molar-refractivity contribution in [3.8, 4) is 22.6 Å². The minimum atomic E-state index is 0.136.